The third-order valence-corrected chi connectivity index (χ3v) is 2.75. The molecule has 0 spiro atoms. The van der Waals surface area contributed by atoms with Crippen LogP contribution in [0.15, 0.2) is 0 Å². The van der Waals surface area contributed by atoms with Gasteiger partial charge in [-0.05, 0) is 26.2 Å². The van der Waals surface area contributed by atoms with Crippen molar-refractivity contribution >= 4 is 5.97 Å². The second kappa shape index (κ2) is 3.44. The number of ether oxygens (including phenoxy) is 1. The van der Waals surface area contributed by atoms with Gasteiger partial charge in [0, 0.05) is 0 Å². The SMILES string of the molecule is CCC1(C)CCC(C(=O)O)CO1. The lowest BCUT2D eigenvalue weighted by Crippen LogP contribution is -2.38. The minimum absolute atomic E-state index is 0.0774. The van der Waals surface area contributed by atoms with Crippen LogP contribution < -0.4 is 0 Å². The molecule has 0 bridgehead atoms. The van der Waals surface area contributed by atoms with Crippen molar-refractivity contribution in [3.63, 3.8) is 0 Å². The molecule has 0 saturated carbocycles. The highest BCUT2D eigenvalue weighted by molar-refractivity contribution is 5.70. The fraction of sp³-hybridized carbons (Fsp3) is 0.889. The summed E-state index contributed by atoms with van der Waals surface area (Å²) in [5, 5.41) is 8.70. The molecule has 0 radical (unpaired) electrons. The highest BCUT2D eigenvalue weighted by atomic mass is 16.5. The zero-order valence-electron chi connectivity index (χ0n) is 7.67. The summed E-state index contributed by atoms with van der Waals surface area (Å²) in [5.74, 6) is -1.02. The molecule has 3 nitrogen and oxygen atoms in total. The molecule has 0 aromatic heterocycles. The number of carbonyl (C=O) groups is 1. The van der Waals surface area contributed by atoms with E-state index in [9.17, 15) is 4.79 Å². The first kappa shape index (κ1) is 9.52. The topological polar surface area (TPSA) is 46.5 Å². The fourth-order valence-corrected chi connectivity index (χ4v) is 1.41. The number of rotatable bonds is 2. The van der Waals surface area contributed by atoms with Crippen LogP contribution in [0.5, 0.6) is 0 Å². The van der Waals surface area contributed by atoms with Crippen molar-refractivity contribution in [1.29, 1.82) is 0 Å². The Morgan fingerprint density at radius 3 is 2.75 bits per heavy atom. The number of hydrogen-bond donors (Lipinski definition) is 1. The summed E-state index contributed by atoms with van der Waals surface area (Å²) in [6.45, 7) is 4.49. The van der Waals surface area contributed by atoms with E-state index in [2.05, 4.69) is 6.92 Å². The molecular formula is C9H16O3. The maximum absolute atomic E-state index is 10.6. The highest BCUT2D eigenvalue weighted by Gasteiger charge is 2.33. The lowest BCUT2D eigenvalue weighted by Gasteiger charge is -2.35. The minimum atomic E-state index is -0.729. The third kappa shape index (κ3) is 1.97. The Morgan fingerprint density at radius 2 is 2.42 bits per heavy atom. The Kier molecular flexibility index (Phi) is 2.73. The summed E-state index contributed by atoms with van der Waals surface area (Å²) in [4.78, 5) is 10.6. The summed E-state index contributed by atoms with van der Waals surface area (Å²) < 4.78 is 5.51. The summed E-state index contributed by atoms with van der Waals surface area (Å²) in [6.07, 6.45) is 2.57. The Morgan fingerprint density at radius 1 is 1.75 bits per heavy atom. The molecule has 2 atom stereocenters. The standard InChI is InChI=1S/C9H16O3/c1-3-9(2)5-4-7(6-12-9)8(10)11/h7H,3-6H2,1-2H3,(H,10,11). The van der Waals surface area contributed by atoms with E-state index in [4.69, 9.17) is 9.84 Å². The van der Waals surface area contributed by atoms with E-state index in [1.54, 1.807) is 0 Å². The van der Waals surface area contributed by atoms with E-state index in [0.29, 0.717) is 6.61 Å². The molecular weight excluding hydrogens is 156 g/mol. The predicted octanol–water partition coefficient (Wildman–Crippen LogP) is 1.67. The van der Waals surface area contributed by atoms with Gasteiger partial charge < -0.3 is 9.84 Å². The first-order valence-corrected chi connectivity index (χ1v) is 4.44. The van der Waals surface area contributed by atoms with Gasteiger partial charge in [0.05, 0.1) is 18.1 Å². The molecule has 0 aromatic rings. The van der Waals surface area contributed by atoms with Crippen molar-refractivity contribution < 1.29 is 14.6 Å². The number of carboxylic acid groups (broad SMARTS) is 1. The van der Waals surface area contributed by atoms with Gasteiger partial charge in [-0.2, -0.15) is 0 Å². The first-order valence-electron chi connectivity index (χ1n) is 4.44. The highest BCUT2D eigenvalue weighted by Crippen LogP contribution is 2.30. The molecule has 1 aliphatic heterocycles. The first-order chi connectivity index (χ1) is 5.57. The van der Waals surface area contributed by atoms with Gasteiger partial charge in [-0.1, -0.05) is 6.92 Å². The van der Waals surface area contributed by atoms with Gasteiger partial charge in [-0.15, -0.1) is 0 Å². The van der Waals surface area contributed by atoms with Crippen molar-refractivity contribution in [2.24, 2.45) is 5.92 Å². The second-order valence-corrected chi connectivity index (χ2v) is 3.69. The van der Waals surface area contributed by atoms with Crippen LogP contribution in [0.2, 0.25) is 0 Å². The summed E-state index contributed by atoms with van der Waals surface area (Å²) in [6, 6.07) is 0. The van der Waals surface area contributed by atoms with Crippen LogP contribution in [0.3, 0.4) is 0 Å². The maximum Gasteiger partial charge on any atom is 0.308 e. The molecule has 1 aliphatic rings. The zero-order valence-corrected chi connectivity index (χ0v) is 7.67. The molecule has 1 rings (SSSR count). The van der Waals surface area contributed by atoms with Crippen molar-refractivity contribution in [2.75, 3.05) is 6.61 Å². The van der Waals surface area contributed by atoms with Gasteiger partial charge in [0.15, 0.2) is 0 Å². The van der Waals surface area contributed by atoms with Crippen LogP contribution >= 0.6 is 0 Å². The molecule has 1 fully saturated rings. The smallest absolute Gasteiger partial charge is 0.308 e. The van der Waals surface area contributed by atoms with Crippen molar-refractivity contribution in [1.82, 2.24) is 0 Å². The lowest BCUT2D eigenvalue weighted by atomic mass is 9.88. The molecule has 1 N–H and O–H groups in total. The van der Waals surface area contributed by atoms with Crippen LogP contribution in [-0.2, 0) is 9.53 Å². The molecule has 12 heavy (non-hydrogen) atoms. The van der Waals surface area contributed by atoms with E-state index in [1.165, 1.54) is 0 Å². The average Bonchev–Trinajstić information content (AvgIpc) is 2.05. The number of aliphatic carboxylic acids is 1. The Labute approximate surface area is 72.7 Å². The molecule has 0 aromatic carbocycles. The van der Waals surface area contributed by atoms with Crippen LogP contribution in [-0.4, -0.2) is 23.3 Å². The molecule has 1 saturated heterocycles. The predicted molar refractivity (Wildman–Crippen MR) is 45.0 cm³/mol. The van der Waals surface area contributed by atoms with Crippen LogP contribution in [0, 0.1) is 5.92 Å². The second-order valence-electron chi connectivity index (χ2n) is 3.69. The monoisotopic (exact) mass is 172 g/mol. The summed E-state index contributed by atoms with van der Waals surface area (Å²) in [5.41, 5.74) is -0.0774. The van der Waals surface area contributed by atoms with Gasteiger partial charge in [0.2, 0.25) is 0 Å². The molecule has 3 heteroatoms. The average molecular weight is 172 g/mol. The van der Waals surface area contributed by atoms with E-state index in [1.807, 2.05) is 6.92 Å². The van der Waals surface area contributed by atoms with Gasteiger partial charge in [-0.25, -0.2) is 0 Å². The van der Waals surface area contributed by atoms with Crippen molar-refractivity contribution in [3.8, 4) is 0 Å². The van der Waals surface area contributed by atoms with E-state index < -0.39 is 5.97 Å². The van der Waals surface area contributed by atoms with Crippen molar-refractivity contribution in [3.05, 3.63) is 0 Å². The largest absolute Gasteiger partial charge is 0.481 e. The van der Waals surface area contributed by atoms with E-state index >= 15 is 0 Å². The van der Waals surface area contributed by atoms with E-state index in [0.717, 1.165) is 19.3 Å². The van der Waals surface area contributed by atoms with Crippen LogP contribution in [0.4, 0.5) is 0 Å². The van der Waals surface area contributed by atoms with Crippen LogP contribution in [0.1, 0.15) is 33.1 Å². The number of carboxylic acids is 1. The maximum atomic E-state index is 10.6. The van der Waals surface area contributed by atoms with Gasteiger partial charge in [0.25, 0.3) is 0 Å². The number of hydrogen-bond acceptors (Lipinski definition) is 2. The zero-order chi connectivity index (χ0) is 9.19. The molecule has 0 amide bonds. The Bertz CT molecular complexity index is 169. The Hall–Kier alpha value is -0.570. The summed E-state index contributed by atoms with van der Waals surface area (Å²) in [7, 11) is 0. The van der Waals surface area contributed by atoms with E-state index in [-0.39, 0.29) is 11.5 Å². The van der Waals surface area contributed by atoms with Crippen molar-refractivity contribution in [2.45, 2.75) is 38.7 Å². The third-order valence-electron chi connectivity index (χ3n) is 2.75. The summed E-state index contributed by atoms with van der Waals surface area (Å²) >= 11 is 0. The molecule has 70 valence electrons. The van der Waals surface area contributed by atoms with Crippen LogP contribution in [0.25, 0.3) is 0 Å². The molecule has 2 unspecified atom stereocenters. The lowest BCUT2D eigenvalue weighted by molar-refractivity contribution is -0.154. The fourth-order valence-electron chi connectivity index (χ4n) is 1.41. The normalized spacial score (nSPS) is 36.3. The minimum Gasteiger partial charge on any atom is -0.481 e. The van der Waals surface area contributed by atoms with Gasteiger partial charge in [-0.3, -0.25) is 4.79 Å². The molecule has 1 heterocycles. The molecule has 0 aliphatic carbocycles. The van der Waals surface area contributed by atoms with Gasteiger partial charge in [0.1, 0.15) is 0 Å². The van der Waals surface area contributed by atoms with Gasteiger partial charge >= 0.3 is 5.97 Å². The Balaban J connectivity index is 2.44. The quantitative estimate of drug-likeness (QED) is 0.689.